The summed E-state index contributed by atoms with van der Waals surface area (Å²) in [7, 11) is 0. The van der Waals surface area contributed by atoms with E-state index < -0.39 is 5.97 Å². The number of hydrogen-bond acceptors (Lipinski definition) is 5. The van der Waals surface area contributed by atoms with Gasteiger partial charge in [-0.1, -0.05) is 19.3 Å². The van der Waals surface area contributed by atoms with E-state index in [-0.39, 0.29) is 24.4 Å². The van der Waals surface area contributed by atoms with Crippen molar-refractivity contribution in [2.45, 2.75) is 44.1 Å². The maximum Gasteiger partial charge on any atom is 0.317 e. The van der Waals surface area contributed by atoms with Crippen LogP contribution in [0, 0.1) is 5.92 Å². The highest BCUT2D eigenvalue weighted by Crippen LogP contribution is 2.34. The molecule has 1 aromatic rings. The van der Waals surface area contributed by atoms with Crippen molar-refractivity contribution in [1.82, 2.24) is 20.0 Å². The minimum absolute atomic E-state index is 0.00185. The number of carbonyl (C=O) groups excluding carboxylic acids is 1. The fourth-order valence-corrected chi connectivity index (χ4v) is 4.83. The minimum atomic E-state index is -0.830. The van der Waals surface area contributed by atoms with Crippen LogP contribution in [0.4, 0.5) is 0 Å². The zero-order valence-electron chi connectivity index (χ0n) is 15.6. The molecule has 3 aliphatic rings. The van der Waals surface area contributed by atoms with Crippen molar-refractivity contribution >= 4 is 11.9 Å². The Morgan fingerprint density at radius 3 is 2.78 bits per heavy atom. The molecule has 0 spiro atoms. The van der Waals surface area contributed by atoms with Crippen LogP contribution in [0.5, 0.6) is 0 Å². The lowest BCUT2D eigenvalue weighted by Gasteiger charge is -2.31. The molecular formula is C19H28N4O4. The van der Waals surface area contributed by atoms with Gasteiger partial charge < -0.3 is 14.7 Å². The third kappa shape index (κ3) is 4.01. The predicted molar refractivity (Wildman–Crippen MR) is 97.6 cm³/mol. The van der Waals surface area contributed by atoms with Gasteiger partial charge >= 0.3 is 5.97 Å². The van der Waals surface area contributed by atoms with E-state index in [1.54, 1.807) is 6.20 Å². The van der Waals surface area contributed by atoms with Gasteiger partial charge in [0.05, 0.1) is 43.3 Å². The van der Waals surface area contributed by atoms with E-state index in [2.05, 4.69) is 10.2 Å². The SMILES string of the molecule is O=C(O)CN1C[C@@H]2COC[C@H](C1)N(C(=O)c1cn[nH]c1C1CCCCC1)C2. The van der Waals surface area contributed by atoms with Crippen LogP contribution in [0.15, 0.2) is 6.20 Å². The number of ether oxygens (including phenoxy) is 1. The molecule has 0 unspecified atom stereocenters. The molecule has 1 aromatic heterocycles. The Morgan fingerprint density at radius 1 is 1.19 bits per heavy atom. The lowest BCUT2D eigenvalue weighted by atomic mass is 9.85. The van der Waals surface area contributed by atoms with E-state index in [1.807, 2.05) is 9.80 Å². The first-order valence-corrected chi connectivity index (χ1v) is 9.98. The summed E-state index contributed by atoms with van der Waals surface area (Å²) in [6, 6.07) is -0.126. The molecule has 2 atom stereocenters. The lowest BCUT2D eigenvalue weighted by Crippen LogP contribution is -2.47. The predicted octanol–water partition coefficient (Wildman–Crippen LogP) is 1.31. The maximum atomic E-state index is 13.4. The number of nitrogens with zero attached hydrogens (tertiary/aromatic N) is 3. The Labute approximate surface area is 158 Å². The monoisotopic (exact) mass is 376 g/mol. The molecule has 27 heavy (non-hydrogen) atoms. The number of carbonyl (C=O) groups is 2. The number of carboxylic acids is 1. The summed E-state index contributed by atoms with van der Waals surface area (Å²) in [5, 5.41) is 16.4. The van der Waals surface area contributed by atoms with Crippen LogP contribution in [0.1, 0.15) is 54.1 Å². The van der Waals surface area contributed by atoms with Crippen LogP contribution in [0.2, 0.25) is 0 Å². The second-order valence-electron chi connectivity index (χ2n) is 8.13. The average molecular weight is 376 g/mol. The second-order valence-corrected chi connectivity index (χ2v) is 8.13. The molecule has 4 rings (SSSR count). The number of aromatic amines is 1. The Kier molecular flexibility index (Phi) is 5.45. The number of fused-ring (bicyclic) bond motifs is 3. The number of amides is 1. The molecule has 3 heterocycles. The molecular weight excluding hydrogens is 348 g/mol. The molecule has 3 fully saturated rings. The van der Waals surface area contributed by atoms with Gasteiger partial charge in [-0.2, -0.15) is 5.10 Å². The van der Waals surface area contributed by atoms with Gasteiger partial charge in [0.15, 0.2) is 0 Å². The zero-order chi connectivity index (χ0) is 18.8. The number of aromatic nitrogens is 2. The first kappa shape index (κ1) is 18.4. The van der Waals surface area contributed by atoms with Crippen LogP contribution < -0.4 is 0 Å². The second kappa shape index (κ2) is 7.98. The van der Waals surface area contributed by atoms with Gasteiger partial charge in [0, 0.05) is 31.5 Å². The Bertz CT molecular complexity index is 685. The number of aliphatic carboxylic acids is 1. The summed E-state index contributed by atoms with van der Waals surface area (Å²) >= 11 is 0. The van der Waals surface area contributed by atoms with Gasteiger partial charge in [0.1, 0.15) is 0 Å². The highest BCUT2D eigenvalue weighted by molar-refractivity contribution is 5.95. The van der Waals surface area contributed by atoms with Crippen LogP contribution in [-0.2, 0) is 9.53 Å². The molecule has 2 saturated heterocycles. The summed E-state index contributed by atoms with van der Waals surface area (Å²) in [5.74, 6) is -0.317. The smallest absolute Gasteiger partial charge is 0.317 e. The van der Waals surface area contributed by atoms with Crippen LogP contribution in [0.25, 0.3) is 0 Å². The van der Waals surface area contributed by atoms with Gasteiger partial charge in [0.25, 0.3) is 5.91 Å². The molecule has 0 aromatic carbocycles. The molecule has 1 saturated carbocycles. The van der Waals surface area contributed by atoms with Gasteiger partial charge in [-0.25, -0.2) is 0 Å². The number of hydrogen-bond donors (Lipinski definition) is 2. The number of H-pyrrole nitrogens is 1. The highest BCUT2D eigenvalue weighted by atomic mass is 16.5. The molecule has 8 heteroatoms. The van der Waals surface area contributed by atoms with Crippen molar-refractivity contribution < 1.29 is 19.4 Å². The van der Waals surface area contributed by atoms with Gasteiger partial charge in [0.2, 0.25) is 0 Å². The summed E-state index contributed by atoms with van der Waals surface area (Å²) in [6.07, 6.45) is 7.53. The lowest BCUT2D eigenvalue weighted by molar-refractivity contribution is -0.138. The molecule has 0 radical (unpaired) electrons. The number of rotatable bonds is 4. The van der Waals surface area contributed by atoms with Crippen LogP contribution >= 0.6 is 0 Å². The minimum Gasteiger partial charge on any atom is -0.480 e. The standard InChI is InChI=1S/C19H28N4O4/c24-17(25)10-22-7-13-8-23(15(9-22)12-27-11-13)19(26)16-6-20-21-18(16)14-4-2-1-3-5-14/h6,13-15H,1-5,7-12H2,(H,20,21)(H,24,25)/t13-,15-/m0/s1. The van der Waals surface area contributed by atoms with Gasteiger partial charge in [-0.15, -0.1) is 0 Å². The van der Waals surface area contributed by atoms with Crippen molar-refractivity contribution in [1.29, 1.82) is 0 Å². The van der Waals surface area contributed by atoms with E-state index in [1.165, 1.54) is 19.3 Å². The van der Waals surface area contributed by atoms with E-state index in [9.17, 15) is 9.59 Å². The maximum absolute atomic E-state index is 13.4. The van der Waals surface area contributed by atoms with Crippen molar-refractivity contribution in [2.24, 2.45) is 5.92 Å². The first-order valence-electron chi connectivity index (χ1n) is 9.98. The van der Waals surface area contributed by atoms with Crippen LogP contribution in [0.3, 0.4) is 0 Å². The molecule has 2 aliphatic heterocycles. The molecule has 2 N–H and O–H groups in total. The largest absolute Gasteiger partial charge is 0.480 e. The Hall–Kier alpha value is -1.93. The fourth-order valence-electron chi connectivity index (χ4n) is 4.83. The van der Waals surface area contributed by atoms with E-state index >= 15 is 0 Å². The molecule has 1 aliphatic carbocycles. The quantitative estimate of drug-likeness (QED) is 0.822. The van der Waals surface area contributed by atoms with Gasteiger partial charge in [-0.05, 0) is 12.8 Å². The highest BCUT2D eigenvalue weighted by Gasteiger charge is 2.38. The summed E-state index contributed by atoms with van der Waals surface area (Å²) < 4.78 is 5.77. The van der Waals surface area contributed by atoms with Crippen molar-refractivity contribution in [3.8, 4) is 0 Å². The topological polar surface area (TPSA) is 98.8 Å². The fraction of sp³-hybridized carbons (Fsp3) is 0.737. The number of carboxylic acid groups (broad SMARTS) is 1. The van der Waals surface area contributed by atoms with Crippen LogP contribution in [-0.4, -0.2) is 82.4 Å². The zero-order valence-corrected chi connectivity index (χ0v) is 15.6. The van der Waals surface area contributed by atoms with Crippen molar-refractivity contribution in [3.05, 3.63) is 17.5 Å². The third-order valence-corrected chi connectivity index (χ3v) is 6.08. The summed E-state index contributed by atoms with van der Waals surface area (Å²) in [6.45, 7) is 2.81. The number of nitrogens with one attached hydrogen (secondary N) is 1. The van der Waals surface area contributed by atoms with Crippen molar-refractivity contribution in [2.75, 3.05) is 39.4 Å². The Balaban J connectivity index is 1.55. The summed E-state index contributed by atoms with van der Waals surface area (Å²) in [4.78, 5) is 28.4. The molecule has 8 nitrogen and oxygen atoms in total. The first-order chi connectivity index (χ1) is 13.1. The van der Waals surface area contributed by atoms with E-state index in [0.29, 0.717) is 44.3 Å². The van der Waals surface area contributed by atoms with Crippen molar-refractivity contribution in [3.63, 3.8) is 0 Å². The molecule has 148 valence electrons. The third-order valence-electron chi connectivity index (χ3n) is 6.08. The van der Waals surface area contributed by atoms with Gasteiger partial charge in [-0.3, -0.25) is 19.6 Å². The summed E-state index contributed by atoms with van der Waals surface area (Å²) in [5.41, 5.74) is 1.65. The molecule has 1 amide bonds. The van der Waals surface area contributed by atoms with E-state index in [0.717, 1.165) is 18.5 Å². The average Bonchev–Trinajstić information content (AvgIpc) is 2.96. The normalized spacial score (nSPS) is 27.3. The molecule has 2 bridgehead atoms. The Morgan fingerprint density at radius 2 is 2.00 bits per heavy atom. The van der Waals surface area contributed by atoms with E-state index in [4.69, 9.17) is 9.84 Å².